The molecule has 3 nitrogen and oxygen atoms in total. The molecule has 0 bridgehead atoms. The van der Waals surface area contributed by atoms with Crippen LogP contribution < -0.4 is 5.73 Å². The number of unbranched alkanes of at least 4 members (excludes halogenated alkanes) is 2. The van der Waals surface area contributed by atoms with Gasteiger partial charge in [-0.25, -0.2) is 0 Å². The molecule has 1 aromatic rings. The van der Waals surface area contributed by atoms with Gasteiger partial charge in [-0.1, -0.05) is 20.3 Å². The van der Waals surface area contributed by atoms with Gasteiger partial charge in [-0.15, -0.1) is 0 Å². The van der Waals surface area contributed by atoms with Gasteiger partial charge in [0.05, 0.1) is 5.69 Å². The SMILES string of the molecule is CCc1cc(CC)n(CCCCCN)n1. The molecule has 15 heavy (non-hydrogen) atoms. The van der Waals surface area contributed by atoms with Crippen molar-refractivity contribution >= 4 is 0 Å². The van der Waals surface area contributed by atoms with Gasteiger partial charge < -0.3 is 5.73 Å². The summed E-state index contributed by atoms with van der Waals surface area (Å²) in [7, 11) is 0. The second-order valence-electron chi connectivity index (χ2n) is 3.91. The quantitative estimate of drug-likeness (QED) is 0.699. The lowest BCUT2D eigenvalue weighted by molar-refractivity contribution is 0.527. The van der Waals surface area contributed by atoms with Gasteiger partial charge in [0.25, 0.3) is 0 Å². The number of hydrogen-bond donors (Lipinski definition) is 1. The minimum absolute atomic E-state index is 0.806. The Labute approximate surface area is 92.7 Å². The molecule has 0 aromatic carbocycles. The number of nitrogens with two attached hydrogens (primary N) is 1. The summed E-state index contributed by atoms with van der Waals surface area (Å²) in [6, 6.07) is 2.23. The lowest BCUT2D eigenvalue weighted by atomic mass is 10.2. The highest BCUT2D eigenvalue weighted by Crippen LogP contribution is 2.08. The molecule has 0 saturated heterocycles. The molecule has 0 aliphatic heterocycles. The van der Waals surface area contributed by atoms with E-state index in [4.69, 9.17) is 5.73 Å². The monoisotopic (exact) mass is 209 g/mol. The van der Waals surface area contributed by atoms with Crippen molar-refractivity contribution in [3.8, 4) is 0 Å². The average molecular weight is 209 g/mol. The van der Waals surface area contributed by atoms with Crippen LogP contribution in [-0.4, -0.2) is 16.3 Å². The van der Waals surface area contributed by atoms with Crippen molar-refractivity contribution in [1.82, 2.24) is 9.78 Å². The third-order valence-electron chi connectivity index (χ3n) is 2.71. The van der Waals surface area contributed by atoms with Crippen LogP contribution in [-0.2, 0) is 19.4 Å². The predicted molar refractivity (Wildman–Crippen MR) is 63.9 cm³/mol. The normalized spacial score (nSPS) is 10.9. The highest BCUT2D eigenvalue weighted by Gasteiger charge is 2.04. The lowest BCUT2D eigenvalue weighted by Crippen LogP contribution is -2.06. The van der Waals surface area contributed by atoms with Gasteiger partial charge in [-0.05, 0) is 38.3 Å². The molecule has 86 valence electrons. The molecule has 0 saturated carbocycles. The Morgan fingerprint density at radius 1 is 1.20 bits per heavy atom. The predicted octanol–water partition coefficient (Wildman–Crippen LogP) is 2.14. The van der Waals surface area contributed by atoms with Gasteiger partial charge in [-0.2, -0.15) is 5.10 Å². The molecule has 0 radical (unpaired) electrons. The minimum Gasteiger partial charge on any atom is -0.330 e. The number of rotatable bonds is 7. The summed E-state index contributed by atoms with van der Waals surface area (Å²) in [5.74, 6) is 0. The van der Waals surface area contributed by atoms with Crippen LogP contribution in [0.3, 0.4) is 0 Å². The Bertz CT molecular complexity index is 278. The Balaban J connectivity index is 2.47. The molecule has 2 N–H and O–H groups in total. The zero-order valence-corrected chi connectivity index (χ0v) is 10.00. The Kier molecular flexibility index (Phi) is 5.40. The van der Waals surface area contributed by atoms with E-state index in [1.807, 2.05) is 0 Å². The number of aryl methyl sites for hydroxylation is 3. The van der Waals surface area contributed by atoms with Crippen molar-refractivity contribution in [1.29, 1.82) is 0 Å². The Morgan fingerprint density at radius 2 is 2.00 bits per heavy atom. The maximum absolute atomic E-state index is 5.47. The van der Waals surface area contributed by atoms with Crippen LogP contribution in [0.5, 0.6) is 0 Å². The third-order valence-corrected chi connectivity index (χ3v) is 2.71. The topological polar surface area (TPSA) is 43.8 Å². The minimum atomic E-state index is 0.806. The van der Waals surface area contributed by atoms with Crippen LogP contribution in [0.15, 0.2) is 6.07 Å². The standard InChI is InChI=1S/C12H23N3/c1-3-11-10-12(4-2)15(14-11)9-7-5-6-8-13/h10H,3-9,13H2,1-2H3. The molecular weight excluding hydrogens is 186 g/mol. The highest BCUT2D eigenvalue weighted by molar-refractivity contribution is 5.10. The fraction of sp³-hybridized carbons (Fsp3) is 0.750. The smallest absolute Gasteiger partial charge is 0.0624 e. The molecule has 0 aliphatic carbocycles. The summed E-state index contributed by atoms with van der Waals surface area (Å²) < 4.78 is 2.16. The third kappa shape index (κ3) is 3.67. The maximum atomic E-state index is 5.47. The molecule has 0 spiro atoms. The van der Waals surface area contributed by atoms with Crippen molar-refractivity contribution in [2.75, 3.05) is 6.54 Å². The zero-order chi connectivity index (χ0) is 11.1. The summed E-state index contributed by atoms with van der Waals surface area (Å²) in [4.78, 5) is 0. The molecule has 3 heteroatoms. The van der Waals surface area contributed by atoms with E-state index < -0.39 is 0 Å². The Morgan fingerprint density at radius 3 is 2.60 bits per heavy atom. The molecule has 0 fully saturated rings. The molecule has 0 unspecified atom stereocenters. The van der Waals surface area contributed by atoms with E-state index in [0.29, 0.717) is 0 Å². The molecule has 0 aliphatic rings. The van der Waals surface area contributed by atoms with Crippen LogP contribution in [0.4, 0.5) is 0 Å². The first-order valence-electron chi connectivity index (χ1n) is 6.07. The van der Waals surface area contributed by atoms with Gasteiger partial charge in [0.2, 0.25) is 0 Å². The first-order valence-corrected chi connectivity index (χ1v) is 6.07. The molecular formula is C12H23N3. The fourth-order valence-corrected chi connectivity index (χ4v) is 1.75. The van der Waals surface area contributed by atoms with Gasteiger partial charge in [0.15, 0.2) is 0 Å². The molecule has 0 atom stereocenters. The van der Waals surface area contributed by atoms with Crippen molar-refractivity contribution in [2.24, 2.45) is 5.73 Å². The van der Waals surface area contributed by atoms with Gasteiger partial charge in [0.1, 0.15) is 0 Å². The van der Waals surface area contributed by atoms with Gasteiger partial charge in [0, 0.05) is 12.2 Å². The van der Waals surface area contributed by atoms with Crippen LogP contribution in [0.1, 0.15) is 44.5 Å². The number of nitrogens with zero attached hydrogens (tertiary/aromatic N) is 2. The van der Waals surface area contributed by atoms with E-state index in [9.17, 15) is 0 Å². The average Bonchev–Trinajstić information content (AvgIpc) is 2.67. The van der Waals surface area contributed by atoms with Crippen molar-refractivity contribution in [2.45, 2.75) is 52.5 Å². The maximum Gasteiger partial charge on any atom is 0.0624 e. The van der Waals surface area contributed by atoms with E-state index in [1.165, 1.54) is 24.2 Å². The van der Waals surface area contributed by atoms with Crippen molar-refractivity contribution in [3.05, 3.63) is 17.5 Å². The van der Waals surface area contributed by atoms with Crippen LogP contribution >= 0.6 is 0 Å². The second-order valence-corrected chi connectivity index (χ2v) is 3.91. The summed E-state index contributed by atoms with van der Waals surface area (Å²) in [6.07, 6.45) is 5.63. The van der Waals surface area contributed by atoms with Gasteiger partial charge >= 0.3 is 0 Å². The lowest BCUT2D eigenvalue weighted by Gasteiger charge is -2.04. The van der Waals surface area contributed by atoms with Gasteiger partial charge in [-0.3, -0.25) is 4.68 Å². The van der Waals surface area contributed by atoms with Crippen LogP contribution in [0, 0.1) is 0 Å². The van der Waals surface area contributed by atoms with Crippen LogP contribution in [0.25, 0.3) is 0 Å². The highest BCUT2D eigenvalue weighted by atomic mass is 15.3. The first kappa shape index (κ1) is 12.2. The number of aromatic nitrogens is 2. The first-order chi connectivity index (χ1) is 7.31. The van der Waals surface area contributed by atoms with Crippen molar-refractivity contribution in [3.63, 3.8) is 0 Å². The molecule has 0 amide bonds. The zero-order valence-electron chi connectivity index (χ0n) is 10.00. The fourth-order valence-electron chi connectivity index (χ4n) is 1.75. The summed E-state index contributed by atoms with van der Waals surface area (Å²) >= 11 is 0. The van der Waals surface area contributed by atoms with Crippen molar-refractivity contribution < 1.29 is 0 Å². The molecule has 1 aromatic heterocycles. The van der Waals surface area contributed by atoms with E-state index in [-0.39, 0.29) is 0 Å². The number of hydrogen-bond acceptors (Lipinski definition) is 2. The van der Waals surface area contributed by atoms with E-state index in [1.54, 1.807) is 0 Å². The van der Waals surface area contributed by atoms with Crippen LogP contribution in [0.2, 0.25) is 0 Å². The Hall–Kier alpha value is -0.830. The van der Waals surface area contributed by atoms with E-state index in [0.717, 1.165) is 32.4 Å². The summed E-state index contributed by atoms with van der Waals surface area (Å²) in [5.41, 5.74) is 8.04. The second kappa shape index (κ2) is 6.62. The largest absolute Gasteiger partial charge is 0.330 e. The van der Waals surface area contributed by atoms with E-state index >= 15 is 0 Å². The molecule has 1 rings (SSSR count). The molecule has 1 heterocycles. The summed E-state index contributed by atoms with van der Waals surface area (Å²) in [5, 5.41) is 4.58. The summed E-state index contributed by atoms with van der Waals surface area (Å²) in [6.45, 7) is 6.19. The van der Waals surface area contributed by atoms with E-state index in [2.05, 4.69) is 29.7 Å².